The molecule has 1 heterocycles. The molecule has 0 radical (unpaired) electrons. The molecule has 71 heavy (non-hydrogen) atoms. The number of hydrogen-bond donors (Lipinski definition) is 3. The van der Waals surface area contributed by atoms with Crippen LogP contribution in [0.15, 0.2) is 0 Å². The van der Waals surface area contributed by atoms with E-state index in [9.17, 15) is 14.4 Å². The van der Waals surface area contributed by atoms with Gasteiger partial charge in [0.25, 0.3) is 0 Å². The van der Waals surface area contributed by atoms with E-state index in [2.05, 4.69) is 130 Å². The molecular weight excluding hydrogens is 901 g/mol. The Morgan fingerprint density at radius 3 is 1.13 bits per heavy atom. The fourth-order valence-electron chi connectivity index (χ4n) is 8.24. The van der Waals surface area contributed by atoms with Crippen molar-refractivity contribution in [3.8, 4) is 0 Å². The first-order valence-electron chi connectivity index (χ1n) is 27.8. The van der Waals surface area contributed by atoms with Crippen LogP contribution in [0.1, 0.15) is 180 Å². The van der Waals surface area contributed by atoms with E-state index >= 15 is 0 Å². The topological polar surface area (TPSA) is 150 Å². The molecule has 1 saturated heterocycles. The summed E-state index contributed by atoms with van der Waals surface area (Å²) in [7, 11) is 4.28. The van der Waals surface area contributed by atoms with Gasteiger partial charge in [-0.25, -0.2) is 0 Å². The summed E-state index contributed by atoms with van der Waals surface area (Å²) in [5.74, 6) is -0.253. The zero-order valence-corrected chi connectivity index (χ0v) is 48.8. The van der Waals surface area contributed by atoms with Crippen LogP contribution in [0.5, 0.6) is 0 Å². The van der Waals surface area contributed by atoms with Crippen molar-refractivity contribution in [3.63, 3.8) is 0 Å². The van der Waals surface area contributed by atoms with Gasteiger partial charge < -0.3 is 64.1 Å². The van der Waals surface area contributed by atoms with E-state index in [1.807, 2.05) is 6.92 Å². The van der Waals surface area contributed by atoms with Crippen molar-refractivity contribution < 1.29 is 38.1 Å². The average Bonchev–Trinajstić information content (AvgIpc) is 3.28. The molecule has 0 spiro atoms. The SMILES string of the molecule is CCOC(C)(C)CCCNCCC(=O)N1CN(C(=O)CCNCCCC(C)(C)OCCC(C)(C)OCCCN(C)CC)CN(C(=O)CCNCCCC(C)(C)OCCC(C)(C)OCCCN(C)C(C)C)C1. The van der Waals surface area contributed by atoms with Gasteiger partial charge in [0.1, 0.15) is 0 Å². The number of carbonyl (C=O) groups is 3. The monoisotopic (exact) mass is 1010 g/mol. The highest BCUT2D eigenvalue weighted by molar-refractivity contribution is 5.82. The Morgan fingerprint density at radius 2 is 0.789 bits per heavy atom. The summed E-state index contributed by atoms with van der Waals surface area (Å²) in [5, 5.41) is 10.3. The number of hydrogen-bond acceptors (Lipinski definition) is 13. The Morgan fingerprint density at radius 1 is 0.465 bits per heavy atom. The lowest BCUT2D eigenvalue weighted by Gasteiger charge is -2.42. The molecule has 1 rings (SSSR count). The molecule has 0 bridgehead atoms. The lowest BCUT2D eigenvalue weighted by Crippen LogP contribution is -2.60. The minimum atomic E-state index is -0.274. The Kier molecular flexibility index (Phi) is 33.3. The average molecular weight is 1010 g/mol. The number of nitrogens with zero attached hydrogens (tertiary/aromatic N) is 5. The van der Waals surface area contributed by atoms with Gasteiger partial charge in [-0.3, -0.25) is 14.4 Å². The van der Waals surface area contributed by atoms with Crippen LogP contribution in [0.4, 0.5) is 0 Å². The molecule has 0 aromatic rings. The Balaban J connectivity index is 2.62. The van der Waals surface area contributed by atoms with Gasteiger partial charge in [0.2, 0.25) is 17.7 Å². The fraction of sp³-hybridized carbons (Fsp3) is 0.945. The molecule has 0 aromatic carbocycles. The van der Waals surface area contributed by atoms with E-state index in [1.54, 1.807) is 14.7 Å². The maximum absolute atomic E-state index is 13.7. The van der Waals surface area contributed by atoms with E-state index in [-0.39, 0.29) is 85.0 Å². The van der Waals surface area contributed by atoms with Crippen LogP contribution in [-0.4, -0.2) is 202 Å². The third kappa shape index (κ3) is 33.5. The minimum absolute atomic E-state index is 0.0823. The smallest absolute Gasteiger partial charge is 0.226 e. The highest BCUT2D eigenvalue weighted by atomic mass is 16.5. The van der Waals surface area contributed by atoms with E-state index in [0.717, 1.165) is 117 Å². The van der Waals surface area contributed by atoms with Crippen LogP contribution >= 0.6 is 0 Å². The Hall–Kier alpha value is -1.99. The molecule has 0 unspecified atom stereocenters. The number of rotatable bonds is 43. The highest BCUT2D eigenvalue weighted by Gasteiger charge is 2.32. The lowest BCUT2D eigenvalue weighted by molar-refractivity contribution is -0.158. The van der Waals surface area contributed by atoms with Gasteiger partial charge in [0.15, 0.2) is 0 Å². The first-order valence-corrected chi connectivity index (χ1v) is 27.8. The predicted octanol–water partition coefficient (Wildman–Crippen LogP) is 7.49. The number of nitrogens with one attached hydrogen (secondary N) is 3. The maximum atomic E-state index is 13.7. The normalized spacial score (nSPS) is 14.5. The first-order chi connectivity index (χ1) is 33.2. The van der Waals surface area contributed by atoms with Crippen LogP contribution < -0.4 is 16.0 Å². The summed E-state index contributed by atoms with van der Waals surface area (Å²) < 4.78 is 30.8. The van der Waals surface area contributed by atoms with Crippen molar-refractivity contribution >= 4 is 17.7 Å². The quantitative estimate of drug-likeness (QED) is 0.0519. The molecule has 0 aromatic heterocycles. The van der Waals surface area contributed by atoms with Crippen molar-refractivity contribution in [2.75, 3.05) is 126 Å². The molecule has 16 nitrogen and oxygen atoms in total. The summed E-state index contributed by atoms with van der Waals surface area (Å²) in [4.78, 5) is 50.5. The van der Waals surface area contributed by atoms with Crippen molar-refractivity contribution in [1.82, 2.24) is 40.4 Å². The number of amides is 3. The molecule has 3 amide bonds. The highest BCUT2D eigenvalue weighted by Crippen LogP contribution is 2.23. The molecule has 1 aliphatic heterocycles. The second kappa shape index (κ2) is 35.3. The van der Waals surface area contributed by atoms with Crippen LogP contribution in [0.3, 0.4) is 0 Å². The second-order valence-electron chi connectivity index (χ2n) is 23.3. The summed E-state index contributed by atoms with van der Waals surface area (Å²) >= 11 is 0. The Labute approximate surface area is 435 Å². The molecule has 1 fully saturated rings. The number of ether oxygens (including phenoxy) is 5. The zero-order valence-electron chi connectivity index (χ0n) is 48.8. The van der Waals surface area contributed by atoms with Crippen LogP contribution in [-0.2, 0) is 38.1 Å². The van der Waals surface area contributed by atoms with Crippen molar-refractivity contribution in [2.45, 2.75) is 214 Å². The van der Waals surface area contributed by atoms with Crippen molar-refractivity contribution in [1.29, 1.82) is 0 Å². The third-order valence-corrected chi connectivity index (χ3v) is 13.7. The van der Waals surface area contributed by atoms with Crippen molar-refractivity contribution in [2.24, 2.45) is 0 Å². The van der Waals surface area contributed by atoms with Gasteiger partial charge in [-0.15, -0.1) is 0 Å². The molecule has 3 N–H and O–H groups in total. The van der Waals surface area contributed by atoms with E-state index in [1.165, 1.54) is 0 Å². The van der Waals surface area contributed by atoms with E-state index in [4.69, 9.17) is 23.7 Å². The zero-order chi connectivity index (χ0) is 53.6. The first kappa shape index (κ1) is 67.0. The van der Waals surface area contributed by atoms with Crippen LogP contribution in [0.2, 0.25) is 0 Å². The fourth-order valence-corrected chi connectivity index (χ4v) is 8.24. The lowest BCUT2D eigenvalue weighted by atomic mass is 10.0. The summed E-state index contributed by atoms with van der Waals surface area (Å²) in [6, 6.07) is 0.535. The van der Waals surface area contributed by atoms with Gasteiger partial charge >= 0.3 is 0 Å². The molecule has 0 atom stereocenters. The van der Waals surface area contributed by atoms with Gasteiger partial charge in [-0.2, -0.15) is 0 Å². The predicted molar refractivity (Wildman–Crippen MR) is 291 cm³/mol. The molecule has 0 saturated carbocycles. The molecular formula is C55H112N8O8. The van der Waals surface area contributed by atoms with Crippen LogP contribution in [0, 0.1) is 0 Å². The third-order valence-electron chi connectivity index (χ3n) is 13.7. The molecule has 420 valence electrons. The summed E-state index contributed by atoms with van der Waals surface area (Å²) in [6.45, 7) is 40.7. The number of carbonyl (C=O) groups excluding carboxylic acids is 3. The molecule has 1 aliphatic rings. The standard InChI is InChI=1S/C55H112N8O8/c1-17-59(15)38-22-40-68-54(11,12)30-42-70-52(7,8)28-20-33-57-36-25-49(65)62-44-61(48(64)24-35-56-32-19-27-51(5,6)67-18-2)45-63(46-62)50(66)26-37-58-34-21-29-53(9,10)71-43-31-55(13,14)69-41-23-39-60(16)47(3)4/h47,56-58H,17-46H2,1-16H3. The van der Waals surface area contributed by atoms with E-state index in [0.29, 0.717) is 45.5 Å². The van der Waals surface area contributed by atoms with Crippen molar-refractivity contribution in [3.05, 3.63) is 0 Å². The van der Waals surface area contributed by atoms with Gasteiger partial charge in [-0.05, 0) is 194 Å². The summed E-state index contributed by atoms with van der Waals surface area (Å²) in [6.07, 6.45) is 9.94. The van der Waals surface area contributed by atoms with Crippen LogP contribution in [0.25, 0.3) is 0 Å². The molecule has 16 heteroatoms. The van der Waals surface area contributed by atoms with Gasteiger partial charge in [-0.1, -0.05) is 6.92 Å². The van der Waals surface area contributed by atoms with Gasteiger partial charge in [0, 0.05) is 77.8 Å². The Bertz CT molecular complexity index is 1430. The molecule has 0 aliphatic carbocycles. The summed E-state index contributed by atoms with van der Waals surface area (Å²) in [5.41, 5.74) is -1.20. The maximum Gasteiger partial charge on any atom is 0.226 e. The minimum Gasteiger partial charge on any atom is -0.376 e. The van der Waals surface area contributed by atoms with Gasteiger partial charge in [0.05, 0.1) is 61.2 Å². The largest absolute Gasteiger partial charge is 0.376 e. The second-order valence-corrected chi connectivity index (χ2v) is 23.3. The van der Waals surface area contributed by atoms with E-state index < -0.39 is 0 Å².